The largest absolute Gasteiger partial charge is 0.0882 e. The molecular weight excluding hydrogens is 673 g/mol. The van der Waals surface area contributed by atoms with Crippen LogP contribution in [0.2, 0.25) is 0 Å². The van der Waals surface area contributed by atoms with Crippen LogP contribution in [0.3, 0.4) is 0 Å². The predicted octanol–water partition coefficient (Wildman–Crippen LogP) is 15.9. The molecule has 0 amide bonds. The second kappa shape index (κ2) is 19.3. The van der Waals surface area contributed by atoms with Gasteiger partial charge in [-0.2, -0.15) is 0 Å². The van der Waals surface area contributed by atoms with Crippen molar-refractivity contribution in [2.45, 2.75) is 161 Å². The second-order valence-electron chi connectivity index (χ2n) is 21.6. The maximum absolute atomic E-state index is 2.42. The summed E-state index contributed by atoms with van der Waals surface area (Å²) in [7, 11) is 0. The van der Waals surface area contributed by atoms with Crippen LogP contribution in [0, 0.1) is 88.8 Å². The van der Waals surface area contributed by atoms with Crippen LogP contribution in [0.4, 0.5) is 0 Å². The molecule has 0 heterocycles. The molecule has 0 heteroatoms. The van der Waals surface area contributed by atoms with Crippen molar-refractivity contribution in [2.24, 2.45) is 88.8 Å². The van der Waals surface area contributed by atoms with Crippen molar-refractivity contribution in [3.8, 4) is 0 Å². The zero-order valence-electron chi connectivity index (χ0n) is 35.5. The molecule has 8 saturated carbocycles. The Kier molecular flexibility index (Phi) is 13.6. The average molecular weight is 753 g/mol. The summed E-state index contributed by atoms with van der Waals surface area (Å²) in [6, 6.07) is 0. The number of hydrogen-bond donors (Lipinski definition) is 0. The molecule has 0 N–H and O–H groups in total. The molecule has 0 aliphatic heterocycles. The third-order valence-corrected chi connectivity index (χ3v) is 17.3. The van der Waals surface area contributed by atoms with Crippen molar-refractivity contribution < 1.29 is 0 Å². The highest BCUT2D eigenvalue weighted by Gasteiger charge is 2.37. The fourth-order valence-corrected chi connectivity index (χ4v) is 12.5. The Labute approximate surface area is 344 Å². The summed E-state index contributed by atoms with van der Waals surface area (Å²) in [5.41, 5.74) is 1.76. The van der Waals surface area contributed by atoms with Crippen molar-refractivity contribution in [2.75, 3.05) is 0 Å². The number of allylic oxidation sites excluding steroid dienone is 16. The number of hydrogen-bond acceptors (Lipinski definition) is 0. The molecule has 0 radical (unpaired) electrons. The van der Waals surface area contributed by atoms with Crippen LogP contribution < -0.4 is 0 Å². The van der Waals surface area contributed by atoms with E-state index in [0.29, 0.717) is 0 Å². The summed E-state index contributed by atoms with van der Waals surface area (Å²) in [6.45, 7) is 0. The van der Waals surface area contributed by atoms with Crippen molar-refractivity contribution in [1.29, 1.82) is 0 Å². The van der Waals surface area contributed by atoms with Gasteiger partial charge in [-0.3, -0.25) is 0 Å². The molecule has 0 saturated heterocycles. The molecule has 19 aliphatic carbocycles. The smallest absolute Gasteiger partial charge is 0.0197 e. The predicted molar refractivity (Wildman–Crippen MR) is 240 cm³/mol. The van der Waals surface area contributed by atoms with E-state index in [1.807, 2.05) is 0 Å². The fourth-order valence-electron chi connectivity index (χ4n) is 12.5. The molecule has 9 unspecified atom stereocenters. The molecule has 8 fully saturated rings. The second-order valence-corrected chi connectivity index (χ2v) is 21.6. The number of fused-ring (bicyclic) bond motifs is 9. The van der Waals surface area contributed by atoms with Gasteiger partial charge in [0.1, 0.15) is 0 Å². The normalized spacial score (nSPS) is 44.6. The van der Waals surface area contributed by atoms with E-state index >= 15 is 0 Å². The lowest BCUT2D eigenvalue weighted by Crippen LogP contribution is -2.24. The van der Waals surface area contributed by atoms with Gasteiger partial charge < -0.3 is 0 Å². The quantitative estimate of drug-likeness (QED) is 0.216. The summed E-state index contributed by atoms with van der Waals surface area (Å²) < 4.78 is 0. The lowest BCUT2D eigenvalue weighted by molar-refractivity contribution is 0.224. The fraction of sp³-hybridized carbons (Fsp3) is 0.714. The molecule has 0 aromatic carbocycles. The van der Waals surface area contributed by atoms with Gasteiger partial charge in [0.15, 0.2) is 0 Å². The summed E-state index contributed by atoms with van der Waals surface area (Å²) >= 11 is 0. The summed E-state index contributed by atoms with van der Waals surface area (Å²) in [5.74, 6) is 15.8. The van der Waals surface area contributed by atoms with Crippen LogP contribution in [0.1, 0.15) is 161 Å². The van der Waals surface area contributed by atoms with Gasteiger partial charge in [-0.1, -0.05) is 96.7 Å². The summed E-state index contributed by atoms with van der Waals surface area (Å²) in [4.78, 5) is 0. The van der Waals surface area contributed by atoms with Crippen LogP contribution in [0.25, 0.3) is 0 Å². The highest BCUT2D eigenvalue weighted by molar-refractivity contribution is 5.19. The van der Waals surface area contributed by atoms with E-state index in [2.05, 4.69) is 91.1 Å². The third kappa shape index (κ3) is 11.1. The molecule has 0 aromatic rings. The zero-order valence-corrected chi connectivity index (χ0v) is 35.5. The topological polar surface area (TPSA) is 0 Å². The summed E-state index contributed by atoms with van der Waals surface area (Å²) in [5, 5.41) is 0. The van der Waals surface area contributed by atoms with Gasteiger partial charge in [-0.15, -0.1) is 0 Å². The molecule has 0 spiro atoms. The van der Waals surface area contributed by atoms with Crippen LogP contribution in [0.5, 0.6) is 0 Å². The van der Waals surface area contributed by atoms with Crippen molar-refractivity contribution in [3.05, 3.63) is 96.7 Å². The van der Waals surface area contributed by atoms with Gasteiger partial charge in [0, 0.05) is 0 Å². The molecular formula is C56H80. The van der Waals surface area contributed by atoms with E-state index in [4.69, 9.17) is 0 Å². The maximum atomic E-state index is 2.42. The van der Waals surface area contributed by atoms with Gasteiger partial charge in [0.2, 0.25) is 0 Å². The monoisotopic (exact) mass is 753 g/mol. The third-order valence-electron chi connectivity index (χ3n) is 17.3. The maximum Gasteiger partial charge on any atom is -0.0197 e. The SMILES string of the molecule is C1=C2CCC2CC1.C1=CC2CC(C1)C2.C1=CC2CC(C1)C2.C1=CC2CC(C1)C2.C1=CC2CC2CC1.C1=CC2CCC1C2.C1=CC2CCC2C1.C1=CCC2CC2C1. The molecule has 19 rings (SSSR count). The van der Waals surface area contributed by atoms with E-state index in [0.717, 1.165) is 88.8 Å². The van der Waals surface area contributed by atoms with Crippen LogP contribution in [-0.2, 0) is 0 Å². The molecule has 8 bridgehead atoms. The summed E-state index contributed by atoms with van der Waals surface area (Å²) in [6.07, 6.45) is 71.6. The Morgan fingerprint density at radius 2 is 0.893 bits per heavy atom. The molecule has 0 aromatic heterocycles. The minimum Gasteiger partial charge on any atom is -0.0882 e. The lowest BCUT2D eigenvalue weighted by atomic mass is 9.69. The van der Waals surface area contributed by atoms with Crippen molar-refractivity contribution >= 4 is 0 Å². The first-order valence-electron chi connectivity index (χ1n) is 25.0. The lowest BCUT2D eigenvalue weighted by Gasteiger charge is -2.36. The Bertz CT molecular complexity index is 1390. The minimum absolute atomic E-state index is 0.991. The standard InChI is InChI=1S/8C7H10/c1-2-7-4-3-6(1)5-7;3*1-2-6-4-7(3-1)5-6;2*1-2-6-4-5-7(6)3-1;2*1-2-4-7-5-6(7)3-1/h4*1-2,6-7H,3-5H2;2,7H,1,3-5H2;1-2,6-7H,3-5H2;1,3,6-7H,2,4-5H2;1-2,6-7H,3-5H2. The van der Waals surface area contributed by atoms with E-state index in [9.17, 15) is 0 Å². The molecule has 0 nitrogen and oxygen atoms in total. The molecule has 9 atom stereocenters. The molecule has 56 heavy (non-hydrogen) atoms. The Morgan fingerprint density at radius 3 is 1.12 bits per heavy atom. The van der Waals surface area contributed by atoms with Crippen LogP contribution >= 0.6 is 0 Å². The van der Waals surface area contributed by atoms with E-state index in [1.54, 1.807) is 5.57 Å². The van der Waals surface area contributed by atoms with Gasteiger partial charge in [-0.05, 0) is 249 Å². The van der Waals surface area contributed by atoms with Crippen molar-refractivity contribution in [3.63, 3.8) is 0 Å². The van der Waals surface area contributed by atoms with Gasteiger partial charge in [-0.25, -0.2) is 0 Å². The first-order valence-corrected chi connectivity index (χ1v) is 25.0. The number of rotatable bonds is 0. The average Bonchev–Trinajstić information content (AvgIpc) is 3.98. The van der Waals surface area contributed by atoms with Gasteiger partial charge in [0.25, 0.3) is 0 Å². The van der Waals surface area contributed by atoms with E-state index in [1.165, 1.54) is 161 Å². The highest BCUT2D eigenvalue weighted by Crippen LogP contribution is 2.48. The Hall–Kier alpha value is -2.08. The van der Waals surface area contributed by atoms with Crippen LogP contribution in [0.15, 0.2) is 96.7 Å². The van der Waals surface area contributed by atoms with Crippen LogP contribution in [-0.4, -0.2) is 0 Å². The Balaban J connectivity index is 0.0000000836. The first-order chi connectivity index (χ1) is 27.7. The minimum atomic E-state index is 0.991. The zero-order chi connectivity index (χ0) is 37.5. The van der Waals surface area contributed by atoms with E-state index < -0.39 is 0 Å². The van der Waals surface area contributed by atoms with Gasteiger partial charge in [0.05, 0.1) is 0 Å². The molecule has 304 valence electrons. The molecule has 19 aliphatic rings. The van der Waals surface area contributed by atoms with Crippen molar-refractivity contribution in [1.82, 2.24) is 0 Å². The Morgan fingerprint density at radius 1 is 0.321 bits per heavy atom. The van der Waals surface area contributed by atoms with Gasteiger partial charge >= 0.3 is 0 Å². The van der Waals surface area contributed by atoms with E-state index in [-0.39, 0.29) is 0 Å². The first kappa shape index (κ1) is 39.4. The highest BCUT2D eigenvalue weighted by atomic mass is 14.4.